The molecule has 2 aromatic carbocycles. The second-order valence-electron chi connectivity index (χ2n) is 8.25. The summed E-state index contributed by atoms with van der Waals surface area (Å²) >= 11 is 6.51. The van der Waals surface area contributed by atoms with Crippen molar-refractivity contribution in [3.63, 3.8) is 0 Å². The molecule has 0 amide bonds. The number of aliphatic hydroxyl groups is 1. The van der Waals surface area contributed by atoms with Crippen molar-refractivity contribution in [2.45, 2.75) is 30.3 Å². The lowest BCUT2D eigenvalue weighted by atomic mass is 9.56. The summed E-state index contributed by atoms with van der Waals surface area (Å²) < 4.78 is 0. The Kier molecular flexibility index (Phi) is 3.64. The highest BCUT2D eigenvalue weighted by atomic mass is 35.5. The van der Waals surface area contributed by atoms with Gasteiger partial charge in [-0.05, 0) is 55.4 Å². The number of aromatic amines is 1. The molecule has 3 N–H and O–H groups in total. The molecule has 27 heavy (non-hydrogen) atoms. The number of piperidine rings is 1. The monoisotopic (exact) mass is 382 g/mol. The number of likely N-dealkylation sites (N-methyl/N-ethyl adjacent to an activating group) is 1. The maximum absolute atomic E-state index is 12.0. The number of nitrogens with zero attached hydrogens (tertiary/aromatic N) is 1. The van der Waals surface area contributed by atoms with Gasteiger partial charge in [-0.3, -0.25) is 0 Å². The summed E-state index contributed by atoms with van der Waals surface area (Å²) in [5.74, 6) is 0.244. The van der Waals surface area contributed by atoms with E-state index in [1.165, 1.54) is 0 Å². The quantitative estimate of drug-likeness (QED) is 0.602. The standard InChI is InChI=1S/C22H23ClN2O2/c1-25-9-8-21(14-4-2-5-15(26)10-14)12-19-16(11-22(21,27)13-25)20-17(23)6-3-7-18(20)24-19/h2-7,10,24,26-27H,8-9,11-13H2,1H3/t21-,22-/m0/s1. The van der Waals surface area contributed by atoms with Crippen LogP contribution in [0.3, 0.4) is 0 Å². The van der Waals surface area contributed by atoms with Crippen LogP contribution >= 0.6 is 11.6 Å². The van der Waals surface area contributed by atoms with Gasteiger partial charge in [-0.15, -0.1) is 0 Å². The van der Waals surface area contributed by atoms with E-state index in [-0.39, 0.29) is 5.75 Å². The minimum atomic E-state index is -0.922. The van der Waals surface area contributed by atoms with E-state index in [0.29, 0.717) is 19.4 Å². The topological polar surface area (TPSA) is 59.5 Å². The third-order valence-corrected chi connectivity index (χ3v) is 6.97. The second-order valence-corrected chi connectivity index (χ2v) is 8.66. The predicted molar refractivity (Wildman–Crippen MR) is 108 cm³/mol. The van der Waals surface area contributed by atoms with E-state index in [1.807, 2.05) is 36.4 Å². The minimum Gasteiger partial charge on any atom is -0.508 e. The highest BCUT2D eigenvalue weighted by Gasteiger charge is 2.57. The van der Waals surface area contributed by atoms with Crippen molar-refractivity contribution in [1.82, 2.24) is 9.88 Å². The van der Waals surface area contributed by atoms with Gasteiger partial charge >= 0.3 is 0 Å². The van der Waals surface area contributed by atoms with Crippen molar-refractivity contribution in [2.75, 3.05) is 20.1 Å². The fraction of sp³-hybridized carbons (Fsp3) is 0.364. The molecule has 0 unspecified atom stereocenters. The number of halogens is 1. The van der Waals surface area contributed by atoms with Crippen molar-refractivity contribution in [2.24, 2.45) is 0 Å². The molecule has 0 saturated carbocycles. The van der Waals surface area contributed by atoms with Crippen LogP contribution in [0.4, 0.5) is 0 Å². The zero-order chi connectivity index (χ0) is 18.8. The Labute approximate surface area is 163 Å². The van der Waals surface area contributed by atoms with Gasteiger partial charge in [0.05, 0.1) is 10.6 Å². The Morgan fingerprint density at radius 2 is 1.96 bits per heavy atom. The van der Waals surface area contributed by atoms with Gasteiger partial charge in [0.15, 0.2) is 0 Å². The first-order chi connectivity index (χ1) is 12.9. The molecule has 1 fully saturated rings. The molecule has 1 aliphatic carbocycles. The van der Waals surface area contributed by atoms with Crippen LogP contribution in [-0.4, -0.2) is 45.8 Å². The zero-order valence-corrected chi connectivity index (χ0v) is 16.1. The number of benzene rings is 2. The molecule has 0 spiro atoms. The molecule has 1 aliphatic heterocycles. The molecule has 2 heterocycles. The van der Waals surface area contributed by atoms with Gasteiger partial charge in [0, 0.05) is 41.4 Å². The summed E-state index contributed by atoms with van der Waals surface area (Å²) in [5.41, 5.74) is 2.95. The molecule has 1 aromatic heterocycles. The van der Waals surface area contributed by atoms with Gasteiger partial charge in [-0.25, -0.2) is 0 Å². The maximum atomic E-state index is 12.0. The minimum absolute atomic E-state index is 0.244. The van der Waals surface area contributed by atoms with E-state index in [9.17, 15) is 10.2 Å². The molecular formula is C22H23ClN2O2. The molecule has 140 valence electrons. The van der Waals surface area contributed by atoms with E-state index >= 15 is 0 Å². The predicted octanol–water partition coefficient (Wildman–Crippen LogP) is 3.63. The lowest BCUT2D eigenvalue weighted by molar-refractivity contribution is -0.0972. The highest BCUT2D eigenvalue weighted by molar-refractivity contribution is 6.35. The van der Waals surface area contributed by atoms with Crippen LogP contribution in [0.1, 0.15) is 23.2 Å². The van der Waals surface area contributed by atoms with Gasteiger partial charge in [-0.2, -0.15) is 0 Å². The number of aromatic nitrogens is 1. The van der Waals surface area contributed by atoms with Crippen LogP contribution in [0.5, 0.6) is 5.75 Å². The fourth-order valence-corrected chi connectivity index (χ4v) is 5.64. The first kappa shape index (κ1) is 17.1. The molecule has 0 radical (unpaired) electrons. The highest BCUT2D eigenvalue weighted by Crippen LogP contribution is 2.52. The van der Waals surface area contributed by atoms with E-state index in [1.54, 1.807) is 6.07 Å². The summed E-state index contributed by atoms with van der Waals surface area (Å²) in [6, 6.07) is 13.3. The molecule has 1 saturated heterocycles. The Balaban J connectivity index is 1.75. The largest absolute Gasteiger partial charge is 0.508 e. The molecule has 2 atom stereocenters. The summed E-state index contributed by atoms with van der Waals surface area (Å²) in [7, 11) is 2.06. The molecule has 5 rings (SSSR count). The van der Waals surface area contributed by atoms with Crippen molar-refractivity contribution < 1.29 is 10.2 Å². The molecule has 0 bridgehead atoms. The van der Waals surface area contributed by atoms with Gasteiger partial charge in [-0.1, -0.05) is 29.8 Å². The lowest BCUT2D eigenvalue weighted by Crippen LogP contribution is -2.65. The number of aromatic hydroxyl groups is 1. The average Bonchev–Trinajstić information content (AvgIpc) is 2.97. The normalized spacial score (nSPS) is 28.1. The Hall–Kier alpha value is -2.01. The second kappa shape index (κ2) is 5.74. The summed E-state index contributed by atoms with van der Waals surface area (Å²) in [5, 5.41) is 23.8. The molecule has 3 aromatic rings. The SMILES string of the molecule is CN1CC[C@@]2(c3cccc(O)c3)Cc3[nH]c4cccc(Cl)c4c3C[C@]2(O)C1. The van der Waals surface area contributed by atoms with Crippen LogP contribution in [-0.2, 0) is 18.3 Å². The van der Waals surface area contributed by atoms with E-state index in [0.717, 1.165) is 45.7 Å². The Bertz CT molecular complexity index is 1050. The van der Waals surface area contributed by atoms with Crippen LogP contribution in [0.15, 0.2) is 42.5 Å². The Morgan fingerprint density at radius 1 is 1.15 bits per heavy atom. The molecular weight excluding hydrogens is 360 g/mol. The van der Waals surface area contributed by atoms with Gasteiger partial charge < -0.3 is 20.1 Å². The first-order valence-corrected chi connectivity index (χ1v) is 9.78. The van der Waals surface area contributed by atoms with Crippen molar-refractivity contribution in [3.05, 3.63) is 64.3 Å². The third kappa shape index (κ3) is 2.37. The summed E-state index contributed by atoms with van der Waals surface area (Å²) in [6.45, 7) is 1.51. The van der Waals surface area contributed by atoms with Gasteiger partial charge in [0.1, 0.15) is 5.75 Å². The van der Waals surface area contributed by atoms with E-state index < -0.39 is 11.0 Å². The number of fused-ring (bicyclic) bond motifs is 4. The van der Waals surface area contributed by atoms with E-state index in [2.05, 4.69) is 16.9 Å². The van der Waals surface area contributed by atoms with Crippen molar-refractivity contribution in [1.29, 1.82) is 0 Å². The number of rotatable bonds is 1. The summed E-state index contributed by atoms with van der Waals surface area (Å²) in [4.78, 5) is 5.75. The lowest BCUT2D eigenvalue weighted by Gasteiger charge is -2.55. The van der Waals surface area contributed by atoms with Gasteiger partial charge in [0.25, 0.3) is 0 Å². The number of phenols is 1. The molecule has 2 aliphatic rings. The number of likely N-dealkylation sites (tertiary alicyclic amines) is 1. The molecule has 4 nitrogen and oxygen atoms in total. The van der Waals surface area contributed by atoms with Crippen LogP contribution in [0.2, 0.25) is 5.02 Å². The number of β-amino-alcohol motifs (C(OH)–C–C–N with tert-alkyl or cyclic N) is 1. The fourth-order valence-electron chi connectivity index (χ4n) is 5.35. The molecule has 5 heteroatoms. The van der Waals surface area contributed by atoms with Crippen LogP contribution < -0.4 is 0 Å². The van der Waals surface area contributed by atoms with Crippen molar-refractivity contribution >= 4 is 22.5 Å². The number of hydrogen-bond donors (Lipinski definition) is 3. The first-order valence-electron chi connectivity index (χ1n) is 9.40. The van der Waals surface area contributed by atoms with Gasteiger partial charge in [0.2, 0.25) is 0 Å². The van der Waals surface area contributed by atoms with Crippen LogP contribution in [0, 0.1) is 0 Å². The maximum Gasteiger partial charge on any atom is 0.115 e. The zero-order valence-electron chi connectivity index (χ0n) is 15.3. The third-order valence-electron chi connectivity index (χ3n) is 6.65. The van der Waals surface area contributed by atoms with E-state index in [4.69, 9.17) is 11.6 Å². The number of hydrogen-bond acceptors (Lipinski definition) is 3. The Morgan fingerprint density at radius 3 is 2.78 bits per heavy atom. The summed E-state index contributed by atoms with van der Waals surface area (Å²) in [6.07, 6.45) is 2.10. The average molecular weight is 383 g/mol. The van der Waals surface area contributed by atoms with Crippen molar-refractivity contribution in [3.8, 4) is 5.75 Å². The number of H-pyrrole nitrogens is 1. The number of nitrogens with one attached hydrogen (secondary N) is 1. The number of phenolic OH excluding ortho intramolecular Hbond substituents is 1. The smallest absolute Gasteiger partial charge is 0.115 e. The van der Waals surface area contributed by atoms with Crippen LogP contribution in [0.25, 0.3) is 10.9 Å².